The Morgan fingerprint density at radius 3 is 2.03 bits per heavy atom. The molecule has 160 valence electrons. The molecule has 1 aliphatic rings. The van der Waals surface area contributed by atoms with E-state index in [1.165, 1.54) is 20.3 Å². The molecule has 0 N–H and O–H groups in total. The summed E-state index contributed by atoms with van der Waals surface area (Å²) < 4.78 is 21.2. The first-order chi connectivity index (χ1) is 14.9. The lowest BCUT2D eigenvalue weighted by Gasteiger charge is -2.20. The van der Waals surface area contributed by atoms with E-state index < -0.39 is 0 Å². The minimum Gasteiger partial charge on any atom is -0.497 e. The topological polar surface area (TPSA) is 71.1 Å². The molecular formula is C25H24O6. The average Bonchev–Trinajstić information content (AvgIpc) is 2.80. The summed E-state index contributed by atoms with van der Waals surface area (Å²) in [4.78, 5) is 25.6. The molecule has 0 saturated carbocycles. The molecule has 6 nitrogen and oxygen atoms in total. The van der Waals surface area contributed by atoms with Crippen LogP contribution < -0.4 is 14.2 Å². The van der Waals surface area contributed by atoms with Crippen molar-refractivity contribution < 1.29 is 28.5 Å². The summed E-state index contributed by atoms with van der Waals surface area (Å²) in [6, 6.07) is 11.0. The van der Waals surface area contributed by atoms with Crippen molar-refractivity contribution in [2.24, 2.45) is 0 Å². The SMILES string of the molecule is COC1=CC(=O)C(c2c(/C=C/c3ccc(OC)cc3)cc(OC)cc2OC)=C(C)C1=O. The summed E-state index contributed by atoms with van der Waals surface area (Å²) in [5, 5.41) is 0. The van der Waals surface area contributed by atoms with Crippen LogP contribution in [-0.2, 0) is 14.3 Å². The second-order valence-corrected chi connectivity index (χ2v) is 6.81. The molecule has 0 unspecified atom stereocenters. The van der Waals surface area contributed by atoms with Crippen LogP contribution in [0, 0.1) is 0 Å². The van der Waals surface area contributed by atoms with Gasteiger partial charge in [0.1, 0.15) is 17.2 Å². The molecule has 3 rings (SSSR count). The molecule has 0 fully saturated rings. The lowest BCUT2D eigenvalue weighted by Crippen LogP contribution is -2.19. The van der Waals surface area contributed by atoms with E-state index in [2.05, 4.69) is 0 Å². The van der Waals surface area contributed by atoms with Crippen molar-refractivity contribution in [3.8, 4) is 17.2 Å². The molecule has 1 aliphatic carbocycles. The fourth-order valence-corrected chi connectivity index (χ4v) is 3.39. The minimum absolute atomic E-state index is 0.0223. The Morgan fingerprint density at radius 2 is 1.45 bits per heavy atom. The highest BCUT2D eigenvalue weighted by Crippen LogP contribution is 2.39. The number of hydrogen-bond donors (Lipinski definition) is 0. The molecule has 0 atom stereocenters. The van der Waals surface area contributed by atoms with Crippen molar-refractivity contribution >= 4 is 29.3 Å². The fourth-order valence-electron chi connectivity index (χ4n) is 3.39. The molecule has 31 heavy (non-hydrogen) atoms. The summed E-state index contributed by atoms with van der Waals surface area (Å²) in [6.45, 7) is 1.61. The van der Waals surface area contributed by atoms with Gasteiger partial charge in [-0.3, -0.25) is 9.59 Å². The predicted molar refractivity (Wildman–Crippen MR) is 119 cm³/mol. The predicted octanol–water partition coefficient (Wildman–Crippen LogP) is 4.34. The third kappa shape index (κ3) is 4.38. The van der Waals surface area contributed by atoms with Gasteiger partial charge in [-0.05, 0) is 36.2 Å². The van der Waals surface area contributed by atoms with E-state index in [4.69, 9.17) is 18.9 Å². The number of rotatable bonds is 7. The summed E-state index contributed by atoms with van der Waals surface area (Å²) in [7, 11) is 6.05. The molecule has 0 saturated heterocycles. The number of allylic oxidation sites excluding steroid dienone is 3. The quantitative estimate of drug-likeness (QED) is 0.490. The van der Waals surface area contributed by atoms with E-state index in [9.17, 15) is 9.59 Å². The van der Waals surface area contributed by atoms with E-state index in [1.807, 2.05) is 36.4 Å². The number of hydrogen-bond acceptors (Lipinski definition) is 6. The molecule has 0 bridgehead atoms. The first kappa shape index (κ1) is 21.9. The standard InChI is InChI=1S/C25H24O6/c1-15-23(20(26)14-22(31-5)25(15)27)24-17(12-19(29-3)13-21(24)30-4)9-6-16-7-10-18(28-2)11-8-16/h6-14H,1-5H3/b9-6+. The van der Waals surface area contributed by atoms with Gasteiger partial charge < -0.3 is 18.9 Å². The lowest BCUT2D eigenvalue weighted by molar-refractivity contribution is -0.117. The number of ether oxygens (including phenoxy) is 4. The second kappa shape index (κ2) is 9.34. The Hall–Kier alpha value is -3.80. The van der Waals surface area contributed by atoms with Crippen molar-refractivity contribution in [2.45, 2.75) is 6.92 Å². The number of Topliss-reactive ketones (excluding diaryl/α,β-unsaturated/α-hetero) is 1. The maximum absolute atomic E-state index is 12.9. The molecular weight excluding hydrogens is 396 g/mol. The van der Waals surface area contributed by atoms with Crippen LogP contribution in [0.25, 0.3) is 17.7 Å². The summed E-state index contributed by atoms with van der Waals surface area (Å²) in [5.41, 5.74) is 2.71. The summed E-state index contributed by atoms with van der Waals surface area (Å²) in [6.07, 6.45) is 4.97. The average molecular weight is 420 g/mol. The van der Waals surface area contributed by atoms with Gasteiger partial charge in [0, 0.05) is 28.9 Å². The van der Waals surface area contributed by atoms with Gasteiger partial charge in [-0.25, -0.2) is 0 Å². The van der Waals surface area contributed by atoms with E-state index in [0.717, 1.165) is 11.3 Å². The third-order valence-electron chi connectivity index (χ3n) is 5.05. The molecule has 0 amide bonds. The molecule has 0 aromatic heterocycles. The number of carbonyl (C=O) groups excluding carboxylic acids is 2. The van der Waals surface area contributed by atoms with E-state index in [0.29, 0.717) is 28.2 Å². The zero-order valence-corrected chi connectivity index (χ0v) is 18.1. The van der Waals surface area contributed by atoms with E-state index in [1.54, 1.807) is 33.3 Å². The van der Waals surface area contributed by atoms with Crippen LogP contribution in [0.3, 0.4) is 0 Å². The van der Waals surface area contributed by atoms with Crippen molar-refractivity contribution in [1.29, 1.82) is 0 Å². The number of ketones is 2. The van der Waals surface area contributed by atoms with E-state index in [-0.39, 0.29) is 22.9 Å². The van der Waals surface area contributed by atoms with Gasteiger partial charge >= 0.3 is 0 Å². The van der Waals surface area contributed by atoms with Crippen LogP contribution in [0.2, 0.25) is 0 Å². The highest BCUT2D eigenvalue weighted by Gasteiger charge is 2.30. The lowest BCUT2D eigenvalue weighted by atomic mass is 9.86. The van der Waals surface area contributed by atoms with Crippen molar-refractivity contribution in [3.05, 3.63) is 70.5 Å². The Morgan fingerprint density at radius 1 is 0.774 bits per heavy atom. The zero-order valence-electron chi connectivity index (χ0n) is 18.1. The van der Waals surface area contributed by atoms with Gasteiger partial charge in [-0.15, -0.1) is 0 Å². The molecule has 6 heteroatoms. The van der Waals surface area contributed by atoms with E-state index >= 15 is 0 Å². The molecule has 0 spiro atoms. The third-order valence-corrected chi connectivity index (χ3v) is 5.05. The molecule has 2 aromatic rings. The van der Waals surface area contributed by atoms with Crippen LogP contribution in [0.5, 0.6) is 17.2 Å². The van der Waals surface area contributed by atoms with Crippen LogP contribution >= 0.6 is 0 Å². The van der Waals surface area contributed by atoms with Gasteiger partial charge in [-0.2, -0.15) is 0 Å². The Labute approximate surface area is 181 Å². The van der Waals surface area contributed by atoms with Crippen molar-refractivity contribution in [1.82, 2.24) is 0 Å². The highest BCUT2D eigenvalue weighted by molar-refractivity contribution is 6.37. The Bertz CT molecular complexity index is 1100. The Balaban J connectivity index is 2.17. The Kier molecular flexibility index (Phi) is 6.60. The van der Waals surface area contributed by atoms with Crippen LogP contribution in [0.1, 0.15) is 23.6 Å². The first-order valence-electron chi connectivity index (χ1n) is 9.57. The summed E-state index contributed by atoms with van der Waals surface area (Å²) >= 11 is 0. The maximum atomic E-state index is 12.9. The minimum atomic E-state index is -0.333. The van der Waals surface area contributed by atoms with Crippen molar-refractivity contribution in [2.75, 3.05) is 28.4 Å². The monoisotopic (exact) mass is 420 g/mol. The molecule has 0 radical (unpaired) electrons. The smallest absolute Gasteiger partial charge is 0.224 e. The highest BCUT2D eigenvalue weighted by atomic mass is 16.5. The summed E-state index contributed by atoms with van der Waals surface area (Å²) in [5.74, 6) is 1.12. The van der Waals surface area contributed by atoms with Crippen LogP contribution in [-0.4, -0.2) is 40.0 Å². The second-order valence-electron chi connectivity index (χ2n) is 6.81. The maximum Gasteiger partial charge on any atom is 0.224 e. The van der Waals surface area contributed by atoms with Crippen LogP contribution in [0.4, 0.5) is 0 Å². The van der Waals surface area contributed by atoms with Crippen molar-refractivity contribution in [3.63, 3.8) is 0 Å². The molecule has 0 aliphatic heterocycles. The van der Waals surface area contributed by atoms with Gasteiger partial charge in [0.15, 0.2) is 11.5 Å². The first-order valence-corrected chi connectivity index (χ1v) is 9.57. The largest absolute Gasteiger partial charge is 0.497 e. The molecule has 2 aromatic carbocycles. The van der Waals surface area contributed by atoms with Gasteiger partial charge in [-0.1, -0.05) is 24.3 Å². The fraction of sp³-hybridized carbons (Fsp3) is 0.200. The number of methoxy groups -OCH3 is 4. The zero-order chi connectivity index (χ0) is 22.5. The van der Waals surface area contributed by atoms with Gasteiger partial charge in [0.05, 0.1) is 28.4 Å². The molecule has 0 heterocycles. The van der Waals surface area contributed by atoms with Gasteiger partial charge in [0.25, 0.3) is 0 Å². The van der Waals surface area contributed by atoms with Gasteiger partial charge in [0.2, 0.25) is 5.78 Å². The number of carbonyl (C=O) groups is 2. The normalized spacial score (nSPS) is 14.0. The van der Waals surface area contributed by atoms with Crippen LogP contribution in [0.15, 0.2) is 53.8 Å². The number of benzene rings is 2.